The average molecular weight is 229 g/mol. The van der Waals surface area contributed by atoms with Crippen LogP contribution in [0.5, 0.6) is 0 Å². The fourth-order valence-electron chi connectivity index (χ4n) is 2.21. The minimum absolute atomic E-state index is 0.236. The van der Waals surface area contributed by atoms with Gasteiger partial charge in [-0.1, -0.05) is 29.4 Å². The molecule has 1 aromatic carbocycles. The quantitative estimate of drug-likeness (QED) is 0.859. The molecular weight excluding hydrogens is 214 g/mol. The van der Waals surface area contributed by atoms with E-state index in [0.717, 1.165) is 18.5 Å². The van der Waals surface area contributed by atoms with Crippen molar-refractivity contribution in [3.8, 4) is 11.4 Å². The largest absolute Gasteiger partial charge is 0.337 e. The van der Waals surface area contributed by atoms with Gasteiger partial charge in [0.15, 0.2) is 0 Å². The number of hydrogen-bond acceptors (Lipinski definition) is 4. The molecule has 0 spiro atoms. The Morgan fingerprint density at radius 1 is 1.35 bits per heavy atom. The third-order valence-electron chi connectivity index (χ3n) is 3.19. The molecule has 1 N–H and O–H groups in total. The zero-order valence-electron chi connectivity index (χ0n) is 9.81. The molecule has 1 saturated heterocycles. The lowest BCUT2D eigenvalue weighted by atomic mass is 10.1. The van der Waals surface area contributed by atoms with Gasteiger partial charge in [0.2, 0.25) is 11.7 Å². The Bertz CT molecular complexity index is 515. The summed E-state index contributed by atoms with van der Waals surface area (Å²) >= 11 is 0. The van der Waals surface area contributed by atoms with E-state index in [4.69, 9.17) is 4.52 Å². The number of rotatable bonds is 2. The monoisotopic (exact) mass is 229 g/mol. The second-order valence-corrected chi connectivity index (χ2v) is 4.42. The Labute approximate surface area is 100 Å². The molecule has 0 amide bonds. The van der Waals surface area contributed by atoms with Crippen LogP contribution in [0.2, 0.25) is 0 Å². The van der Waals surface area contributed by atoms with Gasteiger partial charge >= 0.3 is 0 Å². The Kier molecular flexibility index (Phi) is 2.65. The summed E-state index contributed by atoms with van der Waals surface area (Å²) in [5, 5.41) is 7.42. The minimum Gasteiger partial charge on any atom is -0.337 e. The zero-order valence-corrected chi connectivity index (χ0v) is 9.81. The number of nitrogens with one attached hydrogen (secondary N) is 1. The molecule has 4 nitrogen and oxygen atoms in total. The Balaban J connectivity index is 1.92. The average Bonchev–Trinajstić information content (AvgIpc) is 3.00. The molecule has 1 aliphatic rings. The number of aryl methyl sites for hydroxylation is 1. The molecule has 2 heterocycles. The zero-order chi connectivity index (χ0) is 11.7. The summed E-state index contributed by atoms with van der Waals surface area (Å²) in [5.74, 6) is 1.40. The summed E-state index contributed by atoms with van der Waals surface area (Å²) in [6.07, 6.45) is 2.25. The van der Waals surface area contributed by atoms with Crippen LogP contribution in [0.1, 0.15) is 30.3 Å². The number of hydrogen-bond donors (Lipinski definition) is 1. The van der Waals surface area contributed by atoms with Gasteiger partial charge in [-0.25, -0.2) is 0 Å². The topological polar surface area (TPSA) is 51.0 Å². The fraction of sp³-hybridized carbons (Fsp3) is 0.385. The Hall–Kier alpha value is -1.68. The van der Waals surface area contributed by atoms with Crippen molar-refractivity contribution in [3.63, 3.8) is 0 Å². The van der Waals surface area contributed by atoms with Gasteiger partial charge in [-0.3, -0.25) is 0 Å². The molecule has 4 heteroatoms. The number of benzene rings is 1. The van der Waals surface area contributed by atoms with Crippen molar-refractivity contribution in [2.45, 2.75) is 25.8 Å². The molecule has 0 unspecified atom stereocenters. The molecule has 0 aliphatic carbocycles. The van der Waals surface area contributed by atoms with Crippen LogP contribution in [0.15, 0.2) is 28.8 Å². The van der Waals surface area contributed by atoms with Crippen molar-refractivity contribution in [1.82, 2.24) is 15.5 Å². The van der Waals surface area contributed by atoms with Crippen molar-refractivity contribution in [1.29, 1.82) is 0 Å². The van der Waals surface area contributed by atoms with Crippen molar-refractivity contribution < 1.29 is 4.52 Å². The van der Waals surface area contributed by atoms with Gasteiger partial charge in [-0.05, 0) is 31.9 Å². The van der Waals surface area contributed by atoms with Gasteiger partial charge in [0.1, 0.15) is 0 Å². The van der Waals surface area contributed by atoms with Gasteiger partial charge in [0.25, 0.3) is 0 Å². The highest BCUT2D eigenvalue weighted by Gasteiger charge is 2.22. The highest BCUT2D eigenvalue weighted by atomic mass is 16.5. The van der Waals surface area contributed by atoms with Crippen LogP contribution in [0.25, 0.3) is 11.4 Å². The Morgan fingerprint density at radius 3 is 3.00 bits per heavy atom. The maximum Gasteiger partial charge on any atom is 0.244 e. The maximum absolute atomic E-state index is 5.33. The smallest absolute Gasteiger partial charge is 0.244 e. The molecule has 1 aromatic heterocycles. The van der Waals surface area contributed by atoms with Crippen LogP contribution in [0, 0.1) is 6.92 Å². The lowest BCUT2D eigenvalue weighted by Gasteiger charge is -2.01. The Morgan fingerprint density at radius 2 is 2.24 bits per heavy atom. The van der Waals surface area contributed by atoms with Crippen LogP contribution >= 0.6 is 0 Å². The highest BCUT2D eigenvalue weighted by molar-refractivity contribution is 5.58. The van der Waals surface area contributed by atoms with Crippen LogP contribution in [0.3, 0.4) is 0 Å². The molecule has 3 rings (SSSR count). The van der Waals surface area contributed by atoms with E-state index in [2.05, 4.69) is 28.4 Å². The molecule has 1 atom stereocenters. The maximum atomic E-state index is 5.33. The van der Waals surface area contributed by atoms with E-state index in [-0.39, 0.29) is 6.04 Å². The predicted molar refractivity (Wildman–Crippen MR) is 64.4 cm³/mol. The summed E-state index contributed by atoms with van der Waals surface area (Å²) < 4.78 is 5.33. The van der Waals surface area contributed by atoms with E-state index in [1.807, 2.05) is 18.2 Å². The fourth-order valence-corrected chi connectivity index (χ4v) is 2.21. The highest BCUT2D eigenvalue weighted by Crippen LogP contribution is 2.25. The lowest BCUT2D eigenvalue weighted by Crippen LogP contribution is -2.12. The summed E-state index contributed by atoms with van der Waals surface area (Å²) in [6, 6.07) is 8.32. The number of aromatic nitrogens is 2. The van der Waals surface area contributed by atoms with Crippen molar-refractivity contribution in [3.05, 3.63) is 35.7 Å². The van der Waals surface area contributed by atoms with E-state index in [1.54, 1.807) is 0 Å². The minimum atomic E-state index is 0.236. The first-order valence-electron chi connectivity index (χ1n) is 5.97. The molecular formula is C13H15N3O. The van der Waals surface area contributed by atoms with Gasteiger partial charge in [-0.15, -0.1) is 0 Å². The van der Waals surface area contributed by atoms with Gasteiger partial charge in [0, 0.05) is 5.56 Å². The molecule has 0 bridgehead atoms. The van der Waals surface area contributed by atoms with Crippen molar-refractivity contribution >= 4 is 0 Å². The van der Waals surface area contributed by atoms with E-state index in [0.29, 0.717) is 11.7 Å². The van der Waals surface area contributed by atoms with Crippen molar-refractivity contribution in [2.75, 3.05) is 6.54 Å². The summed E-state index contributed by atoms with van der Waals surface area (Å²) in [5.41, 5.74) is 2.21. The third kappa shape index (κ3) is 1.96. The van der Waals surface area contributed by atoms with E-state index < -0.39 is 0 Å². The normalized spacial score (nSPS) is 19.7. The van der Waals surface area contributed by atoms with Crippen LogP contribution < -0.4 is 5.32 Å². The summed E-state index contributed by atoms with van der Waals surface area (Å²) in [4.78, 5) is 4.48. The molecule has 1 aliphatic heterocycles. The molecule has 0 radical (unpaired) electrons. The molecule has 0 saturated carbocycles. The predicted octanol–water partition coefficient (Wildman–Crippen LogP) is 2.47. The second kappa shape index (κ2) is 4.30. The van der Waals surface area contributed by atoms with Crippen molar-refractivity contribution in [2.24, 2.45) is 0 Å². The molecule has 1 fully saturated rings. The van der Waals surface area contributed by atoms with Crippen LogP contribution in [-0.2, 0) is 0 Å². The van der Waals surface area contributed by atoms with E-state index in [9.17, 15) is 0 Å². The molecule has 2 aromatic rings. The SMILES string of the molecule is Cc1ccccc1-c1noc([C@H]2CCCN2)n1. The van der Waals surface area contributed by atoms with E-state index >= 15 is 0 Å². The molecule has 88 valence electrons. The van der Waals surface area contributed by atoms with Crippen LogP contribution in [-0.4, -0.2) is 16.7 Å². The van der Waals surface area contributed by atoms with Gasteiger partial charge in [0.05, 0.1) is 6.04 Å². The number of nitrogens with zero attached hydrogens (tertiary/aromatic N) is 2. The summed E-state index contributed by atoms with van der Waals surface area (Å²) in [7, 11) is 0. The third-order valence-corrected chi connectivity index (χ3v) is 3.19. The first-order valence-corrected chi connectivity index (χ1v) is 5.97. The van der Waals surface area contributed by atoms with Gasteiger partial charge in [-0.2, -0.15) is 4.98 Å². The van der Waals surface area contributed by atoms with E-state index in [1.165, 1.54) is 12.0 Å². The lowest BCUT2D eigenvalue weighted by molar-refractivity contribution is 0.345. The first-order chi connectivity index (χ1) is 8.34. The van der Waals surface area contributed by atoms with Crippen LogP contribution in [0.4, 0.5) is 0 Å². The second-order valence-electron chi connectivity index (χ2n) is 4.42. The molecule has 17 heavy (non-hydrogen) atoms. The van der Waals surface area contributed by atoms with Gasteiger partial charge < -0.3 is 9.84 Å². The summed E-state index contributed by atoms with van der Waals surface area (Å²) in [6.45, 7) is 3.09. The first kappa shape index (κ1) is 10.5. The standard InChI is InChI=1S/C13H15N3O/c1-9-5-2-3-6-10(9)12-15-13(17-16-12)11-7-4-8-14-11/h2-3,5-6,11,14H,4,7-8H2,1H3/t11-/m1/s1.